The van der Waals surface area contributed by atoms with Crippen LogP contribution in [-0.4, -0.2) is 47.1 Å². The average molecular weight is 415 g/mol. The highest BCUT2D eigenvalue weighted by Gasteiger charge is 2.30. The minimum atomic E-state index is -0.765. The van der Waals surface area contributed by atoms with Gasteiger partial charge in [-0.05, 0) is 85.5 Å². The quantitative estimate of drug-likeness (QED) is 0.578. The maximum Gasteiger partial charge on any atom is 0.407 e. The zero-order chi connectivity index (χ0) is 22.2. The highest BCUT2D eigenvalue weighted by molar-refractivity contribution is 5.68. The molecule has 0 radical (unpaired) electrons. The number of carboxylic acid groups (broad SMARTS) is 1. The molecular weight excluding hydrogens is 376 g/mol. The summed E-state index contributed by atoms with van der Waals surface area (Å²) < 4.78 is 10.6. The Bertz CT molecular complexity index is 556. The van der Waals surface area contributed by atoms with Gasteiger partial charge in [-0.2, -0.15) is 0 Å². The Hall–Kier alpha value is -1.99. The summed E-state index contributed by atoms with van der Waals surface area (Å²) in [5, 5.41) is 14.7. The number of carbonyl (C=O) groups excluding carboxylic acids is 2. The minimum Gasteiger partial charge on any atom is -0.481 e. The summed E-state index contributed by atoms with van der Waals surface area (Å²) in [4.78, 5) is 35.1. The molecule has 0 bridgehead atoms. The van der Waals surface area contributed by atoms with Gasteiger partial charge in [0, 0.05) is 19.0 Å². The van der Waals surface area contributed by atoms with Crippen LogP contribution in [0, 0.1) is 11.8 Å². The molecule has 0 aromatic carbocycles. The number of carbonyl (C=O) groups is 3. The first-order valence-corrected chi connectivity index (χ1v) is 10.4. The molecule has 1 unspecified atom stereocenters. The van der Waals surface area contributed by atoms with Crippen LogP contribution < -0.4 is 10.6 Å². The number of rotatable bonds is 7. The second kappa shape index (κ2) is 10.7. The maximum atomic E-state index is 12.3. The van der Waals surface area contributed by atoms with Crippen molar-refractivity contribution in [3.63, 3.8) is 0 Å². The molecule has 2 amide bonds. The van der Waals surface area contributed by atoms with Crippen LogP contribution in [0.4, 0.5) is 9.59 Å². The first-order chi connectivity index (χ1) is 13.2. The number of alkyl carbamates (subject to hydrolysis) is 2. The van der Waals surface area contributed by atoms with Crippen molar-refractivity contribution >= 4 is 18.2 Å². The van der Waals surface area contributed by atoms with E-state index in [0.717, 1.165) is 25.7 Å². The summed E-state index contributed by atoms with van der Waals surface area (Å²) in [6.07, 6.45) is 3.09. The van der Waals surface area contributed by atoms with Crippen molar-refractivity contribution in [2.24, 2.45) is 11.8 Å². The van der Waals surface area contributed by atoms with E-state index < -0.39 is 29.4 Å². The van der Waals surface area contributed by atoms with E-state index in [0.29, 0.717) is 13.0 Å². The summed E-state index contributed by atoms with van der Waals surface area (Å²) >= 11 is 0. The van der Waals surface area contributed by atoms with Gasteiger partial charge in [0.25, 0.3) is 0 Å². The molecule has 0 aliphatic heterocycles. The van der Waals surface area contributed by atoms with E-state index in [1.54, 1.807) is 20.8 Å². The van der Waals surface area contributed by atoms with Gasteiger partial charge in [0.05, 0.1) is 0 Å². The third-order valence-electron chi connectivity index (χ3n) is 4.75. The van der Waals surface area contributed by atoms with Crippen LogP contribution in [0.15, 0.2) is 0 Å². The van der Waals surface area contributed by atoms with Gasteiger partial charge in [0.1, 0.15) is 11.2 Å². The van der Waals surface area contributed by atoms with Gasteiger partial charge in [-0.1, -0.05) is 0 Å². The van der Waals surface area contributed by atoms with Gasteiger partial charge in [-0.25, -0.2) is 9.59 Å². The number of aliphatic carboxylic acids is 1. The monoisotopic (exact) mass is 414 g/mol. The third kappa shape index (κ3) is 11.6. The Kier molecular flexibility index (Phi) is 9.23. The molecule has 29 heavy (non-hydrogen) atoms. The molecule has 0 spiro atoms. The number of hydrogen-bond acceptors (Lipinski definition) is 5. The highest BCUT2D eigenvalue weighted by Crippen LogP contribution is 2.33. The smallest absolute Gasteiger partial charge is 0.407 e. The molecule has 1 saturated carbocycles. The largest absolute Gasteiger partial charge is 0.481 e. The zero-order valence-electron chi connectivity index (χ0n) is 18.7. The summed E-state index contributed by atoms with van der Waals surface area (Å²) in [7, 11) is 0. The number of nitrogens with one attached hydrogen (secondary N) is 2. The Morgan fingerprint density at radius 2 is 1.45 bits per heavy atom. The second-order valence-corrected chi connectivity index (χ2v) is 9.85. The van der Waals surface area contributed by atoms with E-state index in [1.165, 1.54) is 0 Å². The molecule has 0 heterocycles. The Morgan fingerprint density at radius 3 is 1.93 bits per heavy atom. The predicted octanol–water partition coefficient (Wildman–Crippen LogP) is 4.08. The molecule has 8 heteroatoms. The van der Waals surface area contributed by atoms with Crippen LogP contribution in [0.2, 0.25) is 0 Å². The van der Waals surface area contributed by atoms with E-state index in [4.69, 9.17) is 14.6 Å². The van der Waals surface area contributed by atoms with Crippen LogP contribution in [0.5, 0.6) is 0 Å². The van der Waals surface area contributed by atoms with Crippen molar-refractivity contribution in [1.29, 1.82) is 0 Å². The topological polar surface area (TPSA) is 114 Å². The van der Waals surface area contributed by atoms with Crippen LogP contribution in [-0.2, 0) is 14.3 Å². The van der Waals surface area contributed by atoms with Crippen molar-refractivity contribution in [2.45, 2.75) is 97.3 Å². The summed E-state index contributed by atoms with van der Waals surface area (Å²) in [5.74, 6) is -0.364. The first kappa shape index (κ1) is 25.0. The Morgan fingerprint density at radius 1 is 0.931 bits per heavy atom. The molecule has 168 valence electrons. The molecule has 1 aliphatic carbocycles. The van der Waals surface area contributed by atoms with Gasteiger partial charge < -0.3 is 25.2 Å². The fraction of sp³-hybridized carbons (Fsp3) is 0.857. The second-order valence-electron chi connectivity index (χ2n) is 9.85. The van der Waals surface area contributed by atoms with Crippen LogP contribution in [0.25, 0.3) is 0 Å². The van der Waals surface area contributed by atoms with Crippen molar-refractivity contribution in [2.75, 3.05) is 6.54 Å². The van der Waals surface area contributed by atoms with Crippen molar-refractivity contribution < 1.29 is 29.0 Å². The van der Waals surface area contributed by atoms with Gasteiger partial charge in [-0.15, -0.1) is 0 Å². The lowest BCUT2D eigenvalue weighted by atomic mass is 9.76. The summed E-state index contributed by atoms with van der Waals surface area (Å²) in [5.41, 5.74) is -1.16. The van der Waals surface area contributed by atoms with Gasteiger partial charge in [0.15, 0.2) is 0 Å². The maximum absolute atomic E-state index is 12.3. The molecule has 8 nitrogen and oxygen atoms in total. The van der Waals surface area contributed by atoms with Gasteiger partial charge in [-0.3, -0.25) is 4.79 Å². The SMILES string of the molecule is CC(C)(C)OC(=O)NCCC(NC(=O)OC(C)(C)C)[C@H]1CC[C@H](CC(=O)O)CC1. The zero-order valence-corrected chi connectivity index (χ0v) is 18.7. The number of hydrogen-bond donors (Lipinski definition) is 3. The molecule has 1 atom stereocenters. The highest BCUT2D eigenvalue weighted by atomic mass is 16.6. The lowest BCUT2D eigenvalue weighted by Gasteiger charge is -2.34. The molecular formula is C21H38N2O6. The van der Waals surface area contributed by atoms with E-state index >= 15 is 0 Å². The van der Waals surface area contributed by atoms with E-state index in [9.17, 15) is 14.4 Å². The summed E-state index contributed by atoms with van der Waals surface area (Å²) in [6, 6.07) is -0.162. The molecule has 3 N–H and O–H groups in total. The minimum absolute atomic E-state index is 0.162. The standard InChI is InChI=1S/C21H38N2O6/c1-20(2,3)28-18(26)22-12-11-16(23-19(27)29-21(4,5)6)15-9-7-14(8-10-15)13-17(24)25/h14-16H,7-13H2,1-6H3,(H,22,26)(H,23,27)(H,24,25)/t14-,15-,16?. The molecule has 1 fully saturated rings. The number of ether oxygens (including phenoxy) is 2. The van der Waals surface area contributed by atoms with Crippen molar-refractivity contribution in [1.82, 2.24) is 10.6 Å². The van der Waals surface area contributed by atoms with Crippen LogP contribution >= 0.6 is 0 Å². The number of amides is 2. The summed E-state index contributed by atoms with van der Waals surface area (Å²) in [6.45, 7) is 11.2. The Balaban J connectivity index is 2.63. The van der Waals surface area contributed by atoms with Gasteiger partial charge in [0.2, 0.25) is 0 Å². The average Bonchev–Trinajstić information content (AvgIpc) is 2.50. The van der Waals surface area contributed by atoms with E-state index in [1.807, 2.05) is 20.8 Å². The van der Waals surface area contributed by atoms with Crippen molar-refractivity contribution in [3.8, 4) is 0 Å². The fourth-order valence-electron chi connectivity index (χ4n) is 3.57. The number of carboxylic acids is 1. The van der Waals surface area contributed by atoms with E-state index in [2.05, 4.69) is 10.6 Å². The van der Waals surface area contributed by atoms with Crippen LogP contribution in [0.1, 0.15) is 80.1 Å². The fourth-order valence-corrected chi connectivity index (χ4v) is 3.57. The molecule has 0 saturated heterocycles. The Labute approximate surface area is 174 Å². The molecule has 0 aromatic heterocycles. The molecule has 1 rings (SSSR count). The normalized spacial score (nSPS) is 21.0. The van der Waals surface area contributed by atoms with Gasteiger partial charge >= 0.3 is 18.2 Å². The van der Waals surface area contributed by atoms with E-state index in [-0.39, 0.29) is 24.3 Å². The van der Waals surface area contributed by atoms with Crippen LogP contribution in [0.3, 0.4) is 0 Å². The first-order valence-electron chi connectivity index (χ1n) is 10.4. The predicted molar refractivity (Wildman–Crippen MR) is 110 cm³/mol. The molecule has 0 aromatic rings. The lowest BCUT2D eigenvalue weighted by molar-refractivity contribution is -0.138. The lowest BCUT2D eigenvalue weighted by Crippen LogP contribution is -2.46. The third-order valence-corrected chi connectivity index (χ3v) is 4.75. The van der Waals surface area contributed by atoms with Crippen molar-refractivity contribution in [3.05, 3.63) is 0 Å². The molecule has 1 aliphatic rings.